The number of allylic oxidation sites excluding steroid dienone is 1. The highest BCUT2D eigenvalue weighted by atomic mass is 35.5. The van der Waals surface area contributed by atoms with Crippen molar-refractivity contribution < 1.29 is 9.63 Å². The number of hydrogen-bond donors (Lipinski definition) is 1. The Morgan fingerprint density at radius 2 is 1.82 bits per heavy atom. The molecule has 0 unspecified atom stereocenters. The quantitative estimate of drug-likeness (QED) is 0.491. The molecular weight excluding hydrogens is 300 g/mol. The smallest absolute Gasteiger partial charge is 0.298 e. The Balaban J connectivity index is 1.86. The van der Waals surface area contributed by atoms with Gasteiger partial charge in [0, 0.05) is 10.7 Å². The van der Waals surface area contributed by atoms with Crippen LogP contribution in [0.25, 0.3) is 6.08 Å². The summed E-state index contributed by atoms with van der Waals surface area (Å²) < 4.78 is 0. The molecule has 0 aliphatic heterocycles. The van der Waals surface area contributed by atoms with Gasteiger partial charge in [-0.2, -0.15) is 0 Å². The molecule has 0 atom stereocenters. The van der Waals surface area contributed by atoms with Crippen molar-refractivity contribution in [2.45, 2.75) is 6.92 Å². The van der Waals surface area contributed by atoms with Gasteiger partial charge in [-0.3, -0.25) is 10.2 Å². The van der Waals surface area contributed by atoms with E-state index in [0.29, 0.717) is 16.4 Å². The lowest BCUT2D eigenvalue weighted by Gasteiger charge is -2.02. The normalized spacial score (nSPS) is 11.5. The summed E-state index contributed by atoms with van der Waals surface area (Å²) in [5.74, 6) is 0. The summed E-state index contributed by atoms with van der Waals surface area (Å²) >= 11 is 5.76. The van der Waals surface area contributed by atoms with Crippen LogP contribution in [0.1, 0.15) is 12.5 Å². The average Bonchev–Trinajstić information content (AvgIpc) is 2.54. The average molecular weight is 315 g/mol. The first-order chi connectivity index (χ1) is 10.6. The minimum absolute atomic E-state index is 0.579. The van der Waals surface area contributed by atoms with Crippen molar-refractivity contribution in [2.24, 2.45) is 5.16 Å². The van der Waals surface area contributed by atoms with E-state index in [9.17, 15) is 4.79 Å². The number of halogens is 1. The molecule has 0 aliphatic rings. The molecule has 0 saturated heterocycles. The predicted molar refractivity (Wildman–Crippen MR) is 90.1 cm³/mol. The van der Waals surface area contributed by atoms with Gasteiger partial charge in [-0.1, -0.05) is 53.2 Å². The fraction of sp³-hybridized carbons (Fsp3) is 0.0588. The van der Waals surface area contributed by atoms with E-state index < -0.39 is 6.09 Å². The Kier molecular flexibility index (Phi) is 5.74. The van der Waals surface area contributed by atoms with E-state index in [2.05, 4.69) is 10.5 Å². The zero-order valence-electron chi connectivity index (χ0n) is 12.0. The van der Waals surface area contributed by atoms with E-state index in [1.54, 1.807) is 37.3 Å². The minimum Gasteiger partial charge on any atom is -0.298 e. The molecule has 2 aromatic carbocycles. The predicted octanol–water partition coefficient (Wildman–Crippen LogP) is 4.98. The number of oxime groups is 1. The molecule has 0 fully saturated rings. The van der Waals surface area contributed by atoms with E-state index in [4.69, 9.17) is 16.4 Å². The van der Waals surface area contributed by atoms with Crippen LogP contribution >= 0.6 is 11.6 Å². The molecule has 4 nitrogen and oxygen atoms in total. The van der Waals surface area contributed by atoms with Crippen LogP contribution < -0.4 is 5.32 Å². The van der Waals surface area contributed by atoms with Crippen LogP contribution in [0.4, 0.5) is 10.5 Å². The van der Waals surface area contributed by atoms with Gasteiger partial charge in [-0.15, -0.1) is 0 Å². The van der Waals surface area contributed by atoms with E-state index in [0.717, 1.165) is 5.56 Å². The lowest BCUT2D eigenvalue weighted by molar-refractivity contribution is 0.166. The number of hydrogen-bond acceptors (Lipinski definition) is 3. The first-order valence-corrected chi connectivity index (χ1v) is 7.02. The molecular formula is C17H15ClN2O2. The van der Waals surface area contributed by atoms with Crippen LogP contribution in [0.3, 0.4) is 0 Å². The number of nitrogens with zero attached hydrogens (tertiary/aromatic N) is 1. The lowest BCUT2D eigenvalue weighted by atomic mass is 10.2. The van der Waals surface area contributed by atoms with Crippen LogP contribution in [0.5, 0.6) is 0 Å². The second kappa shape index (κ2) is 8.00. The van der Waals surface area contributed by atoms with Gasteiger partial charge in [0.15, 0.2) is 0 Å². The highest BCUT2D eigenvalue weighted by molar-refractivity contribution is 6.30. The fourth-order valence-corrected chi connectivity index (χ4v) is 1.72. The van der Waals surface area contributed by atoms with Crippen molar-refractivity contribution in [3.63, 3.8) is 0 Å². The number of nitrogens with one attached hydrogen (secondary N) is 1. The monoisotopic (exact) mass is 314 g/mol. The molecule has 22 heavy (non-hydrogen) atoms. The molecule has 0 heterocycles. The summed E-state index contributed by atoms with van der Waals surface area (Å²) in [6.45, 7) is 1.75. The van der Waals surface area contributed by atoms with Crippen molar-refractivity contribution in [1.82, 2.24) is 0 Å². The molecule has 1 amide bonds. The second-order valence-corrected chi connectivity index (χ2v) is 4.92. The maximum atomic E-state index is 11.6. The third kappa shape index (κ3) is 5.42. The summed E-state index contributed by atoms with van der Waals surface area (Å²) in [5, 5.41) is 6.89. The third-order valence-electron chi connectivity index (χ3n) is 2.68. The molecule has 112 valence electrons. The van der Waals surface area contributed by atoms with Crippen LogP contribution in [-0.2, 0) is 4.84 Å². The number of amides is 1. The zero-order chi connectivity index (χ0) is 15.8. The summed E-state index contributed by atoms with van der Waals surface area (Å²) in [6, 6.07) is 16.5. The fourth-order valence-electron chi connectivity index (χ4n) is 1.60. The van der Waals surface area contributed by atoms with Gasteiger partial charge in [0.2, 0.25) is 0 Å². The van der Waals surface area contributed by atoms with Gasteiger partial charge < -0.3 is 0 Å². The molecule has 0 aliphatic carbocycles. The van der Waals surface area contributed by atoms with Crippen LogP contribution in [0, 0.1) is 0 Å². The van der Waals surface area contributed by atoms with Gasteiger partial charge in [-0.05, 0) is 42.8 Å². The largest absolute Gasteiger partial charge is 0.437 e. The summed E-state index contributed by atoms with van der Waals surface area (Å²) in [7, 11) is 0. The van der Waals surface area contributed by atoms with Gasteiger partial charge in [0.25, 0.3) is 0 Å². The van der Waals surface area contributed by atoms with E-state index in [-0.39, 0.29) is 0 Å². The van der Waals surface area contributed by atoms with E-state index in [1.165, 1.54) is 0 Å². The lowest BCUT2D eigenvalue weighted by Crippen LogP contribution is -2.11. The Morgan fingerprint density at radius 3 is 2.50 bits per heavy atom. The minimum atomic E-state index is -0.658. The van der Waals surface area contributed by atoms with E-state index in [1.807, 2.05) is 36.4 Å². The number of anilines is 1. The topological polar surface area (TPSA) is 50.7 Å². The summed E-state index contributed by atoms with van der Waals surface area (Å²) in [4.78, 5) is 16.4. The Bertz CT molecular complexity index is 680. The van der Waals surface area contributed by atoms with Crippen LogP contribution in [-0.4, -0.2) is 11.8 Å². The number of carbonyl (C=O) groups is 1. The molecule has 1 N–H and O–H groups in total. The first kappa shape index (κ1) is 15.8. The molecule has 5 heteroatoms. The van der Waals surface area contributed by atoms with Crippen molar-refractivity contribution in [3.05, 3.63) is 71.3 Å². The molecule has 0 saturated carbocycles. The van der Waals surface area contributed by atoms with Gasteiger partial charge in [0.1, 0.15) is 0 Å². The van der Waals surface area contributed by atoms with Crippen molar-refractivity contribution in [2.75, 3.05) is 5.32 Å². The van der Waals surface area contributed by atoms with Gasteiger partial charge in [-0.25, -0.2) is 4.79 Å². The Labute approximate surface area is 134 Å². The maximum Gasteiger partial charge on any atom is 0.437 e. The first-order valence-electron chi connectivity index (χ1n) is 6.65. The van der Waals surface area contributed by atoms with Crippen molar-refractivity contribution in [1.29, 1.82) is 0 Å². The van der Waals surface area contributed by atoms with Crippen LogP contribution in [0.15, 0.2) is 65.8 Å². The third-order valence-corrected chi connectivity index (χ3v) is 2.93. The summed E-state index contributed by atoms with van der Waals surface area (Å²) in [5.41, 5.74) is 2.21. The maximum absolute atomic E-state index is 11.6. The number of benzene rings is 2. The molecule has 2 rings (SSSR count). The second-order valence-electron chi connectivity index (χ2n) is 4.49. The zero-order valence-corrected chi connectivity index (χ0v) is 12.7. The SMILES string of the molecule is CC(/C=C/c1ccccc1)=N\OC(=O)Nc1ccc(Cl)cc1. The number of rotatable bonds is 4. The van der Waals surface area contributed by atoms with Crippen molar-refractivity contribution in [3.8, 4) is 0 Å². The highest BCUT2D eigenvalue weighted by Gasteiger charge is 2.02. The van der Waals surface area contributed by atoms with Crippen LogP contribution in [0.2, 0.25) is 5.02 Å². The summed E-state index contributed by atoms with van der Waals surface area (Å²) in [6.07, 6.45) is 3.00. The molecule has 2 aromatic rings. The molecule has 0 aromatic heterocycles. The standard InChI is InChI=1S/C17H15ClN2O2/c1-13(7-8-14-5-3-2-4-6-14)20-22-17(21)19-16-11-9-15(18)10-12-16/h2-12H,1H3,(H,19,21)/b8-7+,20-13+. The molecule has 0 bridgehead atoms. The molecule has 0 radical (unpaired) electrons. The Morgan fingerprint density at radius 1 is 1.14 bits per heavy atom. The van der Waals surface area contributed by atoms with Gasteiger partial charge >= 0.3 is 6.09 Å². The Hall–Kier alpha value is -2.59. The van der Waals surface area contributed by atoms with Crippen molar-refractivity contribution >= 4 is 35.2 Å². The molecule has 0 spiro atoms. The number of carbonyl (C=O) groups excluding carboxylic acids is 1. The highest BCUT2D eigenvalue weighted by Crippen LogP contribution is 2.13. The van der Waals surface area contributed by atoms with Gasteiger partial charge in [0.05, 0.1) is 5.71 Å². The van der Waals surface area contributed by atoms with E-state index >= 15 is 0 Å².